The number of carbonyl (C=O) groups is 4. The number of fused-ring (bicyclic) bond motifs is 6. The lowest BCUT2D eigenvalue weighted by molar-refractivity contribution is -0.181. The van der Waals surface area contributed by atoms with Crippen LogP contribution in [0, 0.1) is 35.5 Å². The van der Waals surface area contributed by atoms with Gasteiger partial charge in [0.2, 0.25) is 5.78 Å². The molecule has 9 nitrogen and oxygen atoms in total. The fourth-order valence-corrected chi connectivity index (χ4v) is 10.2. The minimum Gasteiger partial charge on any atom is -0.497 e. The molecule has 0 radical (unpaired) electrons. The zero-order valence-electron chi connectivity index (χ0n) is 28.7. The monoisotopic (exact) mass is 699 g/mol. The molecule has 3 saturated carbocycles. The number of methoxy groups -OCH3 is 1. The molecule has 3 unspecified atom stereocenters. The summed E-state index contributed by atoms with van der Waals surface area (Å²) in [5, 5.41) is 24.9. The number of hydrogen-bond acceptors (Lipinski definition) is 8. The van der Waals surface area contributed by atoms with Crippen LogP contribution in [-0.2, 0) is 25.5 Å². The van der Waals surface area contributed by atoms with Crippen molar-refractivity contribution in [2.24, 2.45) is 28.6 Å². The van der Waals surface area contributed by atoms with Gasteiger partial charge in [0, 0.05) is 38.4 Å². The third-order valence-corrected chi connectivity index (χ3v) is 12.9. The molecule has 0 spiro atoms. The summed E-state index contributed by atoms with van der Waals surface area (Å²) in [4.78, 5) is 53.1. The van der Waals surface area contributed by atoms with Crippen molar-refractivity contribution in [3.8, 4) is 5.75 Å². The summed E-state index contributed by atoms with van der Waals surface area (Å²) in [6.45, 7) is 5.12. The SMILES string of the molecule is COc1ccc2c(c1)c(CC(=O)OCC(=O)[C@@]1(O)CCC3C4CCC5=CC(=O)C=C[C@]5(C)C4[C@@H](O)C[C@@]31C)c(C)n2C(=O)c1ccc(Cl)cc1. The number of hydrogen-bond donors (Lipinski definition) is 2. The first-order valence-electron chi connectivity index (χ1n) is 17.2. The number of benzene rings is 2. The Balaban J connectivity index is 1.10. The molecule has 262 valence electrons. The van der Waals surface area contributed by atoms with Crippen molar-refractivity contribution in [1.82, 2.24) is 4.57 Å². The van der Waals surface area contributed by atoms with E-state index in [-0.39, 0.29) is 48.7 Å². The maximum Gasteiger partial charge on any atom is 0.310 e. The molecular weight excluding hydrogens is 658 g/mol. The van der Waals surface area contributed by atoms with Crippen LogP contribution >= 0.6 is 11.6 Å². The van der Waals surface area contributed by atoms with Crippen molar-refractivity contribution in [2.75, 3.05) is 13.7 Å². The molecule has 0 saturated heterocycles. The fraction of sp³-hybridized carbons (Fsp3) is 0.450. The largest absolute Gasteiger partial charge is 0.497 e. The molecule has 4 aliphatic rings. The lowest BCUT2D eigenvalue weighted by atomic mass is 9.46. The van der Waals surface area contributed by atoms with Crippen LogP contribution in [0.15, 0.2) is 66.3 Å². The number of ether oxygens (including phenoxy) is 2. The lowest BCUT2D eigenvalue weighted by Gasteiger charge is -2.59. The number of esters is 1. The smallest absolute Gasteiger partial charge is 0.310 e. The Bertz CT molecular complexity index is 1990. The van der Waals surface area contributed by atoms with Crippen molar-refractivity contribution in [3.63, 3.8) is 0 Å². The number of carbonyl (C=O) groups excluding carboxylic acids is 4. The van der Waals surface area contributed by atoms with Gasteiger partial charge in [-0.15, -0.1) is 0 Å². The second-order valence-corrected chi connectivity index (χ2v) is 15.4. The Morgan fingerprint density at radius 2 is 1.82 bits per heavy atom. The predicted octanol–water partition coefficient (Wildman–Crippen LogP) is 5.96. The van der Waals surface area contributed by atoms with Gasteiger partial charge in [-0.1, -0.05) is 37.1 Å². The van der Waals surface area contributed by atoms with E-state index < -0.39 is 40.9 Å². The van der Waals surface area contributed by atoms with E-state index in [2.05, 4.69) is 6.92 Å². The highest BCUT2D eigenvalue weighted by molar-refractivity contribution is 6.30. The number of nitrogens with zero attached hydrogens (tertiary/aromatic N) is 1. The highest BCUT2D eigenvalue weighted by Crippen LogP contribution is 2.67. The van der Waals surface area contributed by atoms with Gasteiger partial charge in [-0.25, -0.2) is 0 Å². The van der Waals surface area contributed by atoms with Crippen LogP contribution in [0.1, 0.15) is 67.6 Å². The minimum atomic E-state index is -1.77. The van der Waals surface area contributed by atoms with Gasteiger partial charge in [-0.3, -0.25) is 23.7 Å². The van der Waals surface area contributed by atoms with Crippen LogP contribution in [0.25, 0.3) is 10.9 Å². The average Bonchev–Trinajstić information content (AvgIpc) is 3.52. The molecular formula is C40H42ClNO8. The molecule has 4 aliphatic carbocycles. The van der Waals surface area contributed by atoms with Gasteiger partial charge < -0.3 is 19.7 Å². The lowest BCUT2D eigenvalue weighted by Crippen LogP contribution is -2.61. The van der Waals surface area contributed by atoms with Crippen LogP contribution in [0.2, 0.25) is 5.02 Å². The molecule has 10 heteroatoms. The van der Waals surface area contributed by atoms with E-state index in [0.29, 0.717) is 44.9 Å². The molecule has 3 aromatic rings. The zero-order chi connectivity index (χ0) is 35.7. The van der Waals surface area contributed by atoms with E-state index in [0.717, 1.165) is 18.4 Å². The van der Waals surface area contributed by atoms with Gasteiger partial charge in [0.05, 0.1) is 25.2 Å². The summed E-state index contributed by atoms with van der Waals surface area (Å²) < 4.78 is 12.5. The van der Waals surface area contributed by atoms with E-state index in [4.69, 9.17) is 21.1 Å². The first kappa shape index (κ1) is 34.4. The van der Waals surface area contributed by atoms with E-state index in [9.17, 15) is 29.4 Å². The number of aliphatic hydroxyl groups is 2. The molecule has 3 fully saturated rings. The topological polar surface area (TPSA) is 132 Å². The van der Waals surface area contributed by atoms with Crippen LogP contribution in [0.3, 0.4) is 0 Å². The molecule has 0 aliphatic heterocycles. The Morgan fingerprint density at radius 1 is 1.08 bits per heavy atom. The van der Waals surface area contributed by atoms with Gasteiger partial charge in [0.15, 0.2) is 12.4 Å². The Hall–Kier alpha value is -4.05. The number of rotatable bonds is 7. The third-order valence-electron chi connectivity index (χ3n) is 12.6. The van der Waals surface area contributed by atoms with Crippen LogP contribution in [0.4, 0.5) is 0 Å². The van der Waals surface area contributed by atoms with Crippen LogP contribution in [0.5, 0.6) is 5.75 Å². The molecule has 0 amide bonds. The molecule has 0 bridgehead atoms. The van der Waals surface area contributed by atoms with E-state index in [1.54, 1.807) is 66.1 Å². The first-order valence-corrected chi connectivity index (χ1v) is 17.6. The quantitative estimate of drug-likeness (QED) is 0.289. The Morgan fingerprint density at radius 3 is 2.54 bits per heavy atom. The summed E-state index contributed by atoms with van der Waals surface area (Å²) in [6, 6.07) is 11.8. The van der Waals surface area contributed by atoms with E-state index in [1.807, 2.05) is 13.0 Å². The second-order valence-electron chi connectivity index (χ2n) is 15.0. The molecule has 7 rings (SSSR count). The molecule has 2 aromatic carbocycles. The molecule has 7 atom stereocenters. The minimum absolute atomic E-state index is 0.0214. The van der Waals surface area contributed by atoms with Crippen molar-refractivity contribution in [3.05, 3.63) is 88.1 Å². The van der Waals surface area contributed by atoms with Crippen molar-refractivity contribution in [1.29, 1.82) is 0 Å². The molecule has 1 heterocycles. The summed E-state index contributed by atoms with van der Waals surface area (Å²) in [5.74, 6) is -1.12. The highest BCUT2D eigenvalue weighted by atomic mass is 35.5. The first-order chi connectivity index (χ1) is 23.7. The third kappa shape index (κ3) is 5.19. The van der Waals surface area contributed by atoms with Crippen molar-refractivity contribution in [2.45, 2.75) is 71.0 Å². The number of Topliss-reactive ketones (excluding diaryl/α,β-unsaturated/α-hetero) is 1. The van der Waals surface area contributed by atoms with Crippen molar-refractivity contribution >= 4 is 45.9 Å². The predicted molar refractivity (Wildman–Crippen MR) is 187 cm³/mol. The molecule has 50 heavy (non-hydrogen) atoms. The number of allylic oxidation sites excluding steroid dienone is 4. The second kappa shape index (κ2) is 12.3. The normalized spacial score (nSPS) is 31.4. The molecule has 1 aromatic heterocycles. The van der Waals surface area contributed by atoms with Crippen LogP contribution in [-0.4, -0.2) is 63.6 Å². The van der Waals surface area contributed by atoms with Gasteiger partial charge >= 0.3 is 5.97 Å². The van der Waals surface area contributed by atoms with E-state index in [1.165, 1.54) is 7.11 Å². The zero-order valence-corrected chi connectivity index (χ0v) is 29.5. The number of aromatic nitrogens is 1. The number of aliphatic hydroxyl groups excluding tert-OH is 1. The summed E-state index contributed by atoms with van der Waals surface area (Å²) in [6.07, 6.45) is 6.76. The van der Waals surface area contributed by atoms with Crippen molar-refractivity contribution < 1.29 is 38.9 Å². The maximum absolute atomic E-state index is 13.9. The van der Waals surface area contributed by atoms with Gasteiger partial charge in [-0.2, -0.15) is 0 Å². The number of halogens is 1. The summed E-state index contributed by atoms with van der Waals surface area (Å²) in [7, 11) is 1.53. The van der Waals surface area contributed by atoms with Crippen LogP contribution < -0.4 is 4.74 Å². The Kier molecular flexibility index (Phi) is 8.48. The highest BCUT2D eigenvalue weighted by Gasteiger charge is 2.68. The van der Waals surface area contributed by atoms with E-state index >= 15 is 0 Å². The van der Waals surface area contributed by atoms with Gasteiger partial charge in [-0.05, 0) is 111 Å². The number of ketones is 2. The average molecular weight is 700 g/mol. The van der Waals surface area contributed by atoms with Gasteiger partial charge in [0.25, 0.3) is 5.91 Å². The fourth-order valence-electron chi connectivity index (χ4n) is 10.0. The molecule has 2 N–H and O–H groups in total. The summed E-state index contributed by atoms with van der Waals surface area (Å²) >= 11 is 6.04. The summed E-state index contributed by atoms with van der Waals surface area (Å²) in [5.41, 5.74) is 0.0108. The standard InChI is InChI=1S/C40H42ClNO8/c1-22-29(30-18-27(49-4)10-12-32(30)42(22)37(47)23-5-8-25(41)9-6-23)19-35(46)50-21-34(45)40(48)16-14-31-28-11-7-24-17-26(43)13-15-38(24,2)36(28)33(44)20-39(31,40)3/h5-6,8-10,12-13,15,17-18,28,31,33,36,44,48H,7,11,14,16,19-21H2,1-4H3/t28?,31?,33-,36?,38-,39-,40-/m0/s1. The maximum atomic E-state index is 13.9. The Labute approximate surface area is 295 Å². The van der Waals surface area contributed by atoms with Gasteiger partial charge in [0.1, 0.15) is 11.4 Å².